The first-order valence-electron chi connectivity index (χ1n) is 6.37. The van der Waals surface area contributed by atoms with Crippen LogP contribution in [0.3, 0.4) is 0 Å². The van der Waals surface area contributed by atoms with Crippen LogP contribution in [0.2, 0.25) is 0 Å². The van der Waals surface area contributed by atoms with Crippen molar-refractivity contribution in [1.82, 2.24) is 5.32 Å². The topological polar surface area (TPSA) is 49.3 Å². The van der Waals surface area contributed by atoms with Crippen LogP contribution < -0.4 is 5.32 Å². The van der Waals surface area contributed by atoms with Gasteiger partial charge in [-0.3, -0.25) is 4.79 Å². The van der Waals surface area contributed by atoms with Crippen molar-refractivity contribution in [3.05, 3.63) is 41.5 Å². The van der Waals surface area contributed by atoms with Crippen molar-refractivity contribution in [2.45, 2.75) is 31.7 Å². The summed E-state index contributed by atoms with van der Waals surface area (Å²) in [6.07, 6.45) is 6.07. The molecule has 0 heterocycles. The molecule has 1 aliphatic carbocycles. The Morgan fingerprint density at radius 3 is 2.56 bits per heavy atom. The summed E-state index contributed by atoms with van der Waals surface area (Å²) in [5.74, 6) is -0.138. The highest BCUT2D eigenvalue weighted by Crippen LogP contribution is 2.34. The summed E-state index contributed by atoms with van der Waals surface area (Å²) in [6, 6.07) is 8.13. The number of aryl methyl sites for hydroxylation is 1. The first kappa shape index (κ1) is 12.8. The van der Waals surface area contributed by atoms with E-state index < -0.39 is 0 Å². The normalized spacial score (nSPS) is 16.8. The number of hydrogen-bond donors (Lipinski definition) is 2. The summed E-state index contributed by atoms with van der Waals surface area (Å²) in [5.41, 5.74) is 1.96. The van der Waals surface area contributed by atoms with E-state index in [0.717, 1.165) is 24.8 Å². The molecule has 0 saturated heterocycles. The van der Waals surface area contributed by atoms with Crippen LogP contribution in [0.15, 0.2) is 30.3 Å². The van der Waals surface area contributed by atoms with Crippen molar-refractivity contribution in [1.29, 1.82) is 0 Å². The van der Waals surface area contributed by atoms with Gasteiger partial charge in [-0.2, -0.15) is 0 Å². The second-order valence-corrected chi connectivity index (χ2v) is 4.86. The van der Waals surface area contributed by atoms with Crippen molar-refractivity contribution in [2.24, 2.45) is 0 Å². The lowest BCUT2D eigenvalue weighted by Gasteiger charge is -2.11. The first-order chi connectivity index (χ1) is 8.67. The lowest BCUT2D eigenvalue weighted by atomic mass is 10.1. The minimum absolute atomic E-state index is 0.0256. The summed E-state index contributed by atoms with van der Waals surface area (Å²) >= 11 is 0. The minimum Gasteiger partial charge on any atom is -0.394 e. The van der Waals surface area contributed by atoms with Crippen LogP contribution in [-0.4, -0.2) is 23.2 Å². The molecular weight excluding hydrogens is 226 g/mol. The maximum absolute atomic E-state index is 11.6. The van der Waals surface area contributed by atoms with Gasteiger partial charge in [-0.25, -0.2) is 0 Å². The highest BCUT2D eigenvalue weighted by atomic mass is 16.3. The average molecular weight is 245 g/mol. The summed E-state index contributed by atoms with van der Waals surface area (Å²) in [7, 11) is 0. The van der Waals surface area contributed by atoms with Crippen LogP contribution in [0, 0.1) is 0 Å². The molecule has 0 unspecified atom stereocenters. The SMILES string of the molecule is CCc1ccc(/C=C/C(=O)NC2(CO)CC2)cc1. The number of rotatable bonds is 5. The van der Waals surface area contributed by atoms with Crippen LogP contribution in [-0.2, 0) is 11.2 Å². The zero-order valence-electron chi connectivity index (χ0n) is 10.6. The summed E-state index contributed by atoms with van der Waals surface area (Å²) in [5, 5.41) is 11.9. The minimum atomic E-state index is -0.340. The Bertz CT molecular complexity index is 444. The average Bonchev–Trinajstić information content (AvgIpc) is 3.17. The molecule has 1 amide bonds. The Morgan fingerprint density at radius 2 is 2.06 bits per heavy atom. The highest BCUT2D eigenvalue weighted by molar-refractivity contribution is 5.92. The molecule has 1 saturated carbocycles. The third-order valence-corrected chi connectivity index (χ3v) is 3.36. The van der Waals surface area contributed by atoms with Crippen molar-refractivity contribution in [3.8, 4) is 0 Å². The quantitative estimate of drug-likeness (QED) is 0.778. The Morgan fingerprint density at radius 1 is 1.39 bits per heavy atom. The maximum atomic E-state index is 11.6. The number of carbonyl (C=O) groups excluding carboxylic acids is 1. The Kier molecular flexibility index (Phi) is 3.82. The monoisotopic (exact) mass is 245 g/mol. The number of amides is 1. The zero-order chi connectivity index (χ0) is 13.0. The van der Waals surface area contributed by atoms with E-state index in [1.165, 1.54) is 11.6 Å². The van der Waals surface area contributed by atoms with Gasteiger partial charge in [0.1, 0.15) is 0 Å². The van der Waals surface area contributed by atoms with Gasteiger partial charge in [-0.05, 0) is 36.5 Å². The maximum Gasteiger partial charge on any atom is 0.244 e. The van der Waals surface area contributed by atoms with E-state index in [1.54, 1.807) is 6.08 Å². The van der Waals surface area contributed by atoms with Crippen LogP contribution in [0.4, 0.5) is 0 Å². The summed E-state index contributed by atoms with van der Waals surface area (Å²) < 4.78 is 0. The molecule has 3 heteroatoms. The Hall–Kier alpha value is -1.61. The van der Waals surface area contributed by atoms with Crippen molar-refractivity contribution in [2.75, 3.05) is 6.61 Å². The molecule has 96 valence electrons. The third kappa shape index (κ3) is 3.20. The predicted octanol–water partition coefficient (Wildman–Crippen LogP) is 1.90. The van der Waals surface area contributed by atoms with E-state index in [4.69, 9.17) is 5.11 Å². The molecule has 2 rings (SSSR count). The molecule has 1 aromatic carbocycles. The highest BCUT2D eigenvalue weighted by Gasteiger charge is 2.42. The Labute approximate surface area is 108 Å². The second-order valence-electron chi connectivity index (χ2n) is 4.86. The number of carbonyl (C=O) groups is 1. The molecule has 0 spiro atoms. The van der Waals surface area contributed by atoms with E-state index in [0.29, 0.717) is 0 Å². The fourth-order valence-corrected chi connectivity index (χ4v) is 1.81. The van der Waals surface area contributed by atoms with E-state index in [9.17, 15) is 4.79 Å². The molecular formula is C15H19NO2. The number of aliphatic hydroxyl groups excluding tert-OH is 1. The lowest BCUT2D eigenvalue weighted by molar-refractivity contribution is -0.117. The number of nitrogens with one attached hydrogen (secondary N) is 1. The third-order valence-electron chi connectivity index (χ3n) is 3.36. The van der Waals surface area contributed by atoms with E-state index in [2.05, 4.69) is 24.4 Å². The van der Waals surface area contributed by atoms with Gasteiger partial charge in [0.15, 0.2) is 0 Å². The van der Waals surface area contributed by atoms with Crippen LogP contribution in [0.1, 0.15) is 30.9 Å². The zero-order valence-corrected chi connectivity index (χ0v) is 10.6. The van der Waals surface area contributed by atoms with Gasteiger partial charge >= 0.3 is 0 Å². The molecule has 2 N–H and O–H groups in total. The molecule has 0 radical (unpaired) electrons. The standard InChI is InChI=1S/C15H19NO2/c1-2-12-3-5-13(6-4-12)7-8-14(18)16-15(11-17)9-10-15/h3-8,17H,2,9-11H2,1H3,(H,16,18)/b8-7+. The van der Waals surface area contributed by atoms with E-state index >= 15 is 0 Å². The van der Waals surface area contributed by atoms with Crippen molar-refractivity contribution >= 4 is 12.0 Å². The molecule has 1 aromatic rings. The van der Waals surface area contributed by atoms with E-state index in [1.807, 2.05) is 12.1 Å². The lowest BCUT2D eigenvalue weighted by Crippen LogP contribution is -2.38. The van der Waals surface area contributed by atoms with Crippen molar-refractivity contribution < 1.29 is 9.90 Å². The van der Waals surface area contributed by atoms with Crippen LogP contribution >= 0.6 is 0 Å². The van der Waals surface area contributed by atoms with Crippen LogP contribution in [0.5, 0.6) is 0 Å². The second kappa shape index (κ2) is 5.36. The van der Waals surface area contributed by atoms with Gasteiger partial charge < -0.3 is 10.4 Å². The number of aliphatic hydroxyl groups is 1. The van der Waals surface area contributed by atoms with Gasteiger partial charge in [-0.15, -0.1) is 0 Å². The Balaban J connectivity index is 1.91. The largest absolute Gasteiger partial charge is 0.394 e. The molecule has 18 heavy (non-hydrogen) atoms. The summed E-state index contributed by atoms with van der Waals surface area (Å²) in [4.78, 5) is 11.6. The van der Waals surface area contributed by atoms with Crippen molar-refractivity contribution in [3.63, 3.8) is 0 Å². The molecule has 1 fully saturated rings. The van der Waals surface area contributed by atoms with Gasteiger partial charge in [0.2, 0.25) is 5.91 Å². The van der Waals surface area contributed by atoms with Gasteiger partial charge in [0, 0.05) is 6.08 Å². The predicted molar refractivity (Wildman–Crippen MR) is 72.0 cm³/mol. The van der Waals surface area contributed by atoms with E-state index in [-0.39, 0.29) is 18.1 Å². The van der Waals surface area contributed by atoms with Gasteiger partial charge in [0.05, 0.1) is 12.1 Å². The molecule has 1 aliphatic rings. The molecule has 0 aliphatic heterocycles. The molecule has 0 aromatic heterocycles. The fourth-order valence-electron chi connectivity index (χ4n) is 1.81. The number of benzene rings is 1. The first-order valence-corrected chi connectivity index (χ1v) is 6.37. The van der Waals surface area contributed by atoms with Crippen LogP contribution in [0.25, 0.3) is 6.08 Å². The summed E-state index contributed by atoms with van der Waals surface area (Å²) in [6.45, 7) is 2.14. The van der Waals surface area contributed by atoms with Gasteiger partial charge in [0.25, 0.3) is 0 Å². The molecule has 3 nitrogen and oxygen atoms in total. The fraction of sp³-hybridized carbons (Fsp3) is 0.400. The smallest absolute Gasteiger partial charge is 0.244 e. The van der Waals surface area contributed by atoms with Gasteiger partial charge in [-0.1, -0.05) is 31.2 Å². The molecule has 0 bridgehead atoms. The molecule has 0 atom stereocenters. The number of hydrogen-bond acceptors (Lipinski definition) is 2.